The van der Waals surface area contributed by atoms with Crippen LogP contribution in [0.4, 0.5) is 0 Å². The van der Waals surface area contributed by atoms with Crippen LogP contribution in [0.25, 0.3) is 0 Å². The van der Waals surface area contributed by atoms with E-state index in [1.165, 1.54) is 0 Å². The summed E-state index contributed by atoms with van der Waals surface area (Å²) in [6.07, 6.45) is 0.676. The summed E-state index contributed by atoms with van der Waals surface area (Å²) >= 11 is 0. The molecule has 0 aromatic heterocycles. The fourth-order valence-corrected chi connectivity index (χ4v) is 2.83. The van der Waals surface area contributed by atoms with Gasteiger partial charge in [-0.15, -0.1) is 0 Å². The average Bonchev–Trinajstić information content (AvgIpc) is 2.43. The van der Waals surface area contributed by atoms with Crippen LogP contribution in [0.3, 0.4) is 0 Å². The minimum atomic E-state index is -3.73. The molecule has 1 aromatic rings. The van der Waals surface area contributed by atoms with Crippen molar-refractivity contribution >= 4 is 16.1 Å². The zero-order valence-corrected chi connectivity index (χ0v) is 13.4. The Hall–Kier alpha value is -1.44. The molecule has 0 spiro atoms. The van der Waals surface area contributed by atoms with Crippen LogP contribution in [0.15, 0.2) is 30.3 Å². The van der Waals surface area contributed by atoms with Crippen molar-refractivity contribution in [2.45, 2.75) is 39.3 Å². The van der Waals surface area contributed by atoms with Gasteiger partial charge in [-0.25, -0.2) is 4.72 Å². The normalized spacial score (nSPS) is 13.1. The van der Waals surface area contributed by atoms with Gasteiger partial charge >= 0.3 is 0 Å². The first-order valence-corrected chi connectivity index (χ1v) is 8.46. The lowest BCUT2D eigenvalue weighted by molar-refractivity contribution is -0.123. The molecule has 3 N–H and O–H groups in total. The van der Waals surface area contributed by atoms with Crippen LogP contribution in [0, 0.1) is 0 Å². The number of nitrogens with one attached hydrogen (secondary N) is 3. The van der Waals surface area contributed by atoms with Crippen molar-refractivity contribution in [2.24, 2.45) is 0 Å². The molecule has 21 heavy (non-hydrogen) atoms. The second-order valence-corrected chi connectivity index (χ2v) is 6.55. The molecule has 0 saturated heterocycles. The van der Waals surface area contributed by atoms with E-state index in [9.17, 15) is 13.2 Å². The molecule has 0 aliphatic carbocycles. The molecule has 0 fully saturated rings. The second kappa shape index (κ2) is 8.11. The van der Waals surface area contributed by atoms with Crippen molar-refractivity contribution in [3.8, 4) is 0 Å². The molecule has 1 aromatic carbocycles. The third-order valence-electron chi connectivity index (χ3n) is 2.64. The van der Waals surface area contributed by atoms with Gasteiger partial charge < -0.3 is 5.32 Å². The predicted molar refractivity (Wildman–Crippen MR) is 82.8 cm³/mol. The van der Waals surface area contributed by atoms with Gasteiger partial charge in [-0.05, 0) is 25.8 Å². The lowest BCUT2D eigenvalue weighted by atomic mass is 10.1. The van der Waals surface area contributed by atoms with Gasteiger partial charge in [0.15, 0.2) is 0 Å². The molecule has 0 heterocycles. The summed E-state index contributed by atoms with van der Waals surface area (Å²) in [5.74, 6) is -0.377. The van der Waals surface area contributed by atoms with Gasteiger partial charge in [-0.1, -0.05) is 37.3 Å². The molecule has 7 heteroatoms. The Balaban J connectivity index is 2.95. The largest absolute Gasteiger partial charge is 0.352 e. The Bertz CT molecular complexity index is 544. The van der Waals surface area contributed by atoms with Crippen LogP contribution in [-0.4, -0.2) is 26.9 Å². The minimum Gasteiger partial charge on any atom is -0.352 e. The van der Waals surface area contributed by atoms with E-state index in [-0.39, 0.29) is 11.9 Å². The lowest BCUT2D eigenvalue weighted by Crippen LogP contribution is -2.46. The molecule has 0 saturated carbocycles. The molecule has 118 valence electrons. The quantitative estimate of drug-likeness (QED) is 0.671. The maximum Gasteiger partial charge on any atom is 0.277 e. The molecule has 0 radical (unpaired) electrons. The number of hydrogen-bond donors (Lipinski definition) is 3. The van der Waals surface area contributed by atoms with Crippen LogP contribution >= 0.6 is 0 Å². The highest BCUT2D eigenvalue weighted by molar-refractivity contribution is 7.87. The first kappa shape index (κ1) is 17.6. The van der Waals surface area contributed by atoms with Gasteiger partial charge in [0, 0.05) is 12.6 Å². The molecule has 1 atom stereocenters. The number of amides is 1. The molecular weight excluding hydrogens is 290 g/mol. The van der Waals surface area contributed by atoms with E-state index in [2.05, 4.69) is 14.8 Å². The summed E-state index contributed by atoms with van der Waals surface area (Å²) < 4.78 is 28.7. The van der Waals surface area contributed by atoms with Crippen molar-refractivity contribution in [3.63, 3.8) is 0 Å². The van der Waals surface area contributed by atoms with Crippen LogP contribution in [0.2, 0.25) is 0 Å². The standard InChI is InChI=1S/C14H23N3O3S/c1-4-10-15-21(19,20)17-13(14(18)16-11(2)3)12-8-6-5-7-9-12/h5-9,11,13,15,17H,4,10H2,1-3H3,(H,16,18). The third kappa shape index (κ3) is 6.24. The van der Waals surface area contributed by atoms with E-state index in [4.69, 9.17) is 0 Å². The molecule has 6 nitrogen and oxygen atoms in total. The van der Waals surface area contributed by atoms with E-state index in [0.717, 1.165) is 0 Å². The highest BCUT2D eigenvalue weighted by Crippen LogP contribution is 2.14. The number of rotatable bonds is 8. The predicted octanol–water partition coefficient (Wildman–Crippen LogP) is 1.09. The third-order valence-corrected chi connectivity index (χ3v) is 3.77. The highest BCUT2D eigenvalue weighted by Gasteiger charge is 2.25. The number of carbonyl (C=O) groups is 1. The number of carbonyl (C=O) groups excluding carboxylic acids is 1. The smallest absolute Gasteiger partial charge is 0.277 e. The molecule has 0 aliphatic rings. The van der Waals surface area contributed by atoms with E-state index in [1.807, 2.05) is 26.8 Å². The van der Waals surface area contributed by atoms with Crippen molar-refractivity contribution in [1.29, 1.82) is 0 Å². The first-order chi connectivity index (χ1) is 9.85. The summed E-state index contributed by atoms with van der Waals surface area (Å²) in [5.41, 5.74) is 0.595. The van der Waals surface area contributed by atoms with Gasteiger partial charge in [0.2, 0.25) is 5.91 Å². The van der Waals surface area contributed by atoms with Crippen molar-refractivity contribution in [3.05, 3.63) is 35.9 Å². The monoisotopic (exact) mass is 313 g/mol. The lowest BCUT2D eigenvalue weighted by Gasteiger charge is -2.20. The van der Waals surface area contributed by atoms with Gasteiger partial charge in [0.05, 0.1) is 0 Å². The summed E-state index contributed by atoms with van der Waals surface area (Å²) in [4.78, 5) is 12.2. The highest BCUT2D eigenvalue weighted by atomic mass is 32.2. The van der Waals surface area contributed by atoms with Gasteiger partial charge in [0.25, 0.3) is 10.2 Å². The van der Waals surface area contributed by atoms with E-state index >= 15 is 0 Å². The number of hydrogen-bond acceptors (Lipinski definition) is 3. The zero-order valence-electron chi connectivity index (χ0n) is 12.6. The molecule has 1 amide bonds. The Labute approximate surface area is 126 Å². The molecule has 1 rings (SSSR count). The SMILES string of the molecule is CCCNS(=O)(=O)NC(C(=O)NC(C)C)c1ccccc1. The van der Waals surface area contributed by atoms with E-state index < -0.39 is 16.3 Å². The van der Waals surface area contributed by atoms with Gasteiger partial charge in [-0.2, -0.15) is 13.1 Å². The minimum absolute atomic E-state index is 0.0724. The summed E-state index contributed by atoms with van der Waals surface area (Å²) in [6.45, 7) is 5.83. The van der Waals surface area contributed by atoms with Crippen LogP contribution in [0.1, 0.15) is 38.8 Å². The van der Waals surface area contributed by atoms with Crippen LogP contribution in [0.5, 0.6) is 0 Å². The van der Waals surface area contributed by atoms with E-state index in [1.54, 1.807) is 24.3 Å². The van der Waals surface area contributed by atoms with Gasteiger partial charge in [0.1, 0.15) is 6.04 Å². The zero-order chi connectivity index (χ0) is 15.9. The van der Waals surface area contributed by atoms with Crippen LogP contribution < -0.4 is 14.8 Å². The average molecular weight is 313 g/mol. The maximum atomic E-state index is 12.2. The van der Waals surface area contributed by atoms with Gasteiger partial charge in [-0.3, -0.25) is 4.79 Å². The van der Waals surface area contributed by atoms with Crippen LogP contribution in [-0.2, 0) is 15.0 Å². The summed E-state index contributed by atoms with van der Waals surface area (Å²) in [5, 5.41) is 2.73. The Morgan fingerprint density at radius 1 is 1.19 bits per heavy atom. The Kier molecular flexibility index (Phi) is 6.80. The topological polar surface area (TPSA) is 87.3 Å². The van der Waals surface area contributed by atoms with Crippen molar-refractivity contribution in [1.82, 2.24) is 14.8 Å². The molecule has 1 unspecified atom stereocenters. The fourth-order valence-electron chi connectivity index (χ4n) is 1.72. The number of benzene rings is 1. The van der Waals surface area contributed by atoms with E-state index in [0.29, 0.717) is 18.5 Å². The summed E-state index contributed by atoms with van der Waals surface area (Å²) in [7, 11) is -3.73. The fraction of sp³-hybridized carbons (Fsp3) is 0.500. The van der Waals surface area contributed by atoms with Crippen molar-refractivity contribution < 1.29 is 13.2 Å². The Morgan fingerprint density at radius 2 is 1.81 bits per heavy atom. The first-order valence-electron chi connectivity index (χ1n) is 6.98. The maximum absolute atomic E-state index is 12.2. The summed E-state index contributed by atoms with van der Waals surface area (Å²) in [6, 6.07) is 7.74. The van der Waals surface area contributed by atoms with Crippen molar-refractivity contribution in [2.75, 3.05) is 6.54 Å². The second-order valence-electron chi connectivity index (χ2n) is 5.02. The molecular formula is C14H23N3O3S. The molecule has 0 bridgehead atoms. The Morgan fingerprint density at radius 3 is 2.33 bits per heavy atom. The molecule has 0 aliphatic heterocycles.